The highest BCUT2D eigenvalue weighted by Gasteiger charge is 2.63. The molecule has 202 valence electrons. The molecule has 10 atom stereocenters. The average Bonchev–Trinajstić information content (AvgIpc) is 3.65. The lowest BCUT2D eigenvalue weighted by molar-refractivity contribution is -0.170. The Kier molecular flexibility index (Phi) is 6.73. The van der Waals surface area contributed by atoms with Gasteiger partial charge in [-0.1, -0.05) is 20.3 Å². The van der Waals surface area contributed by atoms with E-state index in [-0.39, 0.29) is 47.6 Å². The van der Waals surface area contributed by atoms with Crippen LogP contribution < -0.4 is 0 Å². The fraction of sp³-hybridized carbons (Fsp3) is 0.900. The van der Waals surface area contributed by atoms with Crippen molar-refractivity contribution < 1.29 is 28.6 Å². The molecular formula is C30H46O6. The lowest BCUT2D eigenvalue weighted by atomic mass is 9.80. The first kappa shape index (κ1) is 26.0. The molecule has 5 saturated carbocycles. The third-order valence-electron chi connectivity index (χ3n) is 11.2. The maximum absolute atomic E-state index is 12.2. The summed E-state index contributed by atoms with van der Waals surface area (Å²) >= 11 is 0. The van der Waals surface area contributed by atoms with Crippen LogP contribution in [0.3, 0.4) is 0 Å². The maximum atomic E-state index is 12.2. The first-order valence-electron chi connectivity index (χ1n) is 14.6. The van der Waals surface area contributed by atoms with Gasteiger partial charge in [0.1, 0.15) is 18.3 Å². The van der Waals surface area contributed by atoms with Gasteiger partial charge in [0.05, 0.1) is 16.7 Å². The van der Waals surface area contributed by atoms with E-state index < -0.39 is 5.41 Å². The molecular weight excluding hydrogens is 456 g/mol. The Morgan fingerprint density at radius 3 is 2.08 bits per heavy atom. The van der Waals surface area contributed by atoms with E-state index in [1.807, 2.05) is 34.6 Å². The van der Waals surface area contributed by atoms with Gasteiger partial charge < -0.3 is 14.2 Å². The SMILES string of the molecule is CCC(C)(C)C(=O)OC1C2CC3C(=O)OC1C3C2.CCC(C)(C)C(=O)OC1CC2CC1C1CCCC21. The van der Waals surface area contributed by atoms with Crippen LogP contribution in [0.2, 0.25) is 0 Å². The van der Waals surface area contributed by atoms with Gasteiger partial charge in [0, 0.05) is 11.8 Å². The number of rotatable bonds is 6. The number of esters is 3. The van der Waals surface area contributed by atoms with Crippen molar-refractivity contribution in [1.29, 1.82) is 0 Å². The first-order chi connectivity index (χ1) is 17.0. The molecule has 6 aliphatic rings. The number of hydrogen-bond donors (Lipinski definition) is 0. The summed E-state index contributed by atoms with van der Waals surface area (Å²) in [6.07, 6.45) is 10.0. The van der Waals surface area contributed by atoms with Crippen molar-refractivity contribution >= 4 is 17.9 Å². The number of ether oxygens (including phenoxy) is 3. The van der Waals surface area contributed by atoms with E-state index in [4.69, 9.17) is 14.2 Å². The van der Waals surface area contributed by atoms with E-state index in [0.29, 0.717) is 17.8 Å². The molecule has 4 bridgehead atoms. The molecule has 0 aromatic rings. The van der Waals surface area contributed by atoms with Crippen LogP contribution >= 0.6 is 0 Å². The van der Waals surface area contributed by atoms with Crippen molar-refractivity contribution in [2.24, 2.45) is 52.3 Å². The van der Waals surface area contributed by atoms with Crippen LogP contribution in [0.15, 0.2) is 0 Å². The molecule has 0 aromatic carbocycles. The molecule has 10 unspecified atom stereocenters. The molecule has 0 amide bonds. The molecule has 6 heteroatoms. The molecule has 36 heavy (non-hydrogen) atoms. The van der Waals surface area contributed by atoms with Crippen LogP contribution in [0, 0.1) is 52.3 Å². The second-order valence-corrected chi connectivity index (χ2v) is 13.8. The third-order valence-corrected chi connectivity index (χ3v) is 11.2. The van der Waals surface area contributed by atoms with E-state index in [0.717, 1.165) is 49.9 Å². The summed E-state index contributed by atoms with van der Waals surface area (Å²) in [7, 11) is 0. The molecule has 1 heterocycles. The fourth-order valence-electron chi connectivity index (χ4n) is 8.07. The van der Waals surface area contributed by atoms with Gasteiger partial charge in [-0.25, -0.2) is 0 Å². The van der Waals surface area contributed by atoms with Crippen molar-refractivity contribution in [2.45, 2.75) is 118 Å². The monoisotopic (exact) mass is 502 g/mol. The largest absolute Gasteiger partial charge is 0.462 e. The highest BCUT2D eigenvalue weighted by molar-refractivity contribution is 5.78. The van der Waals surface area contributed by atoms with Gasteiger partial charge in [-0.3, -0.25) is 14.4 Å². The van der Waals surface area contributed by atoms with Crippen LogP contribution in [0.25, 0.3) is 0 Å². The van der Waals surface area contributed by atoms with Gasteiger partial charge >= 0.3 is 17.9 Å². The number of hydrogen-bond acceptors (Lipinski definition) is 6. The molecule has 6 nitrogen and oxygen atoms in total. The van der Waals surface area contributed by atoms with E-state index in [1.165, 1.54) is 25.7 Å². The second-order valence-electron chi connectivity index (χ2n) is 13.8. The summed E-state index contributed by atoms with van der Waals surface area (Å²) < 4.78 is 16.9. The molecule has 6 rings (SSSR count). The van der Waals surface area contributed by atoms with Crippen molar-refractivity contribution in [3.8, 4) is 0 Å². The Hall–Kier alpha value is -1.59. The molecule has 5 aliphatic carbocycles. The van der Waals surface area contributed by atoms with Gasteiger partial charge in [-0.15, -0.1) is 0 Å². The summed E-state index contributed by atoms with van der Waals surface area (Å²) in [6.45, 7) is 11.8. The second kappa shape index (κ2) is 9.31. The Balaban J connectivity index is 0.000000148. The zero-order valence-electron chi connectivity index (χ0n) is 23.1. The minimum Gasteiger partial charge on any atom is -0.462 e. The number of carbonyl (C=O) groups is 3. The van der Waals surface area contributed by atoms with Crippen LogP contribution in [0.5, 0.6) is 0 Å². The van der Waals surface area contributed by atoms with Gasteiger partial charge in [0.25, 0.3) is 0 Å². The Labute approximate surface area is 216 Å². The summed E-state index contributed by atoms with van der Waals surface area (Å²) in [5.41, 5.74) is -0.763. The van der Waals surface area contributed by atoms with Gasteiger partial charge in [0.2, 0.25) is 0 Å². The predicted octanol–water partition coefficient (Wildman–Crippen LogP) is 5.71. The van der Waals surface area contributed by atoms with Crippen molar-refractivity contribution in [2.75, 3.05) is 0 Å². The molecule has 0 spiro atoms. The smallest absolute Gasteiger partial charge is 0.311 e. The molecule has 0 aromatic heterocycles. The number of carbonyl (C=O) groups excluding carboxylic acids is 3. The Morgan fingerprint density at radius 2 is 1.42 bits per heavy atom. The van der Waals surface area contributed by atoms with Gasteiger partial charge in [0.15, 0.2) is 0 Å². The first-order valence-corrected chi connectivity index (χ1v) is 14.6. The topological polar surface area (TPSA) is 78.9 Å². The predicted molar refractivity (Wildman–Crippen MR) is 135 cm³/mol. The molecule has 0 N–H and O–H groups in total. The Bertz CT molecular complexity index is 892. The van der Waals surface area contributed by atoms with E-state index in [1.54, 1.807) is 0 Å². The van der Waals surface area contributed by atoms with E-state index >= 15 is 0 Å². The summed E-state index contributed by atoms with van der Waals surface area (Å²) in [5, 5.41) is 0. The minimum absolute atomic E-state index is 0.0251. The fourth-order valence-corrected chi connectivity index (χ4v) is 8.07. The van der Waals surface area contributed by atoms with Crippen LogP contribution in [0.1, 0.15) is 99.3 Å². The minimum atomic E-state index is -0.455. The van der Waals surface area contributed by atoms with Crippen molar-refractivity contribution in [3.63, 3.8) is 0 Å². The molecule has 0 radical (unpaired) electrons. The van der Waals surface area contributed by atoms with Crippen LogP contribution in [-0.4, -0.2) is 36.2 Å². The standard InChI is InChI=1S/C16H26O2.C14H20O4/c1-4-16(2,3)15(17)18-14-9-10-8-13(14)12-7-5-6-11(10)12;1-4-14(2,3)13(16)18-10-7-5-8-9(6-7)12(15)17-11(8)10/h10-14H,4-9H2,1-3H3;7-11H,4-6H2,1-3H3. The average molecular weight is 503 g/mol. The quantitative estimate of drug-likeness (QED) is 0.342. The van der Waals surface area contributed by atoms with Crippen molar-refractivity contribution in [1.82, 2.24) is 0 Å². The summed E-state index contributed by atoms with van der Waals surface area (Å²) in [4.78, 5) is 35.9. The Morgan fingerprint density at radius 1 is 0.806 bits per heavy atom. The zero-order chi connectivity index (χ0) is 26.0. The number of fused-ring (bicyclic) bond motifs is 6. The van der Waals surface area contributed by atoms with E-state index in [9.17, 15) is 14.4 Å². The third kappa shape index (κ3) is 4.28. The van der Waals surface area contributed by atoms with Crippen LogP contribution in [0.4, 0.5) is 0 Å². The lowest BCUT2D eigenvalue weighted by Gasteiger charge is -2.33. The highest BCUT2D eigenvalue weighted by Crippen LogP contribution is 2.59. The zero-order valence-corrected chi connectivity index (χ0v) is 23.1. The maximum Gasteiger partial charge on any atom is 0.311 e. The molecule has 6 fully saturated rings. The highest BCUT2D eigenvalue weighted by atomic mass is 16.6. The van der Waals surface area contributed by atoms with Gasteiger partial charge in [-0.2, -0.15) is 0 Å². The van der Waals surface area contributed by atoms with Gasteiger partial charge in [-0.05, 0) is 103 Å². The summed E-state index contributed by atoms with van der Waals surface area (Å²) in [5.74, 6) is 3.90. The normalized spacial score (nSPS) is 41.6. The van der Waals surface area contributed by atoms with E-state index in [2.05, 4.69) is 6.92 Å². The lowest BCUT2D eigenvalue weighted by Crippen LogP contribution is -2.39. The van der Waals surface area contributed by atoms with Crippen LogP contribution in [-0.2, 0) is 28.6 Å². The molecule has 1 saturated heterocycles. The summed E-state index contributed by atoms with van der Waals surface area (Å²) in [6, 6.07) is 0. The van der Waals surface area contributed by atoms with Crippen molar-refractivity contribution in [3.05, 3.63) is 0 Å². The molecule has 1 aliphatic heterocycles.